The summed E-state index contributed by atoms with van der Waals surface area (Å²) in [6.07, 6.45) is 1.71. The Hall–Kier alpha value is -1.75. The van der Waals surface area contributed by atoms with E-state index >= 15 is 0 Å². The standard InChI is InChI=1S/C13H15N3OS/c1-9-12(18-8-15-9)7-16(3)13-11(10(2)17)5-4-6-14-13/h4-6,8H,7H2,1-3H3. The SMILES string of the molecule is CC(=O)c1cccnc1N(C)Cc1scnc1C. The van der Waals surface area contributed by atoms with E-state index in [0.29, 0.717) is 12.1 Å². The van der Waals surface area contributed by atoms with Gasteiger partial charge in [-0.3, -0.25) is 4.79 Å². The van der Waals surface area contributed by atoms with Gasteiger partial charge in [-0.15, -0.1) is 11.3 Å². The molecule has 5 heteroatoms. The summed E-state index contributed by atoms with van der Waals surface area (Å²) >= 11 is 1.62. The topological polar surface area (TPSA) is 46.1 Å². The first kappa shape index (κ1) is 12.7. The van der Waals surface area contributed by atoms with Crippen molar-refractivity contribution in [2.45, 2.75) is 20.4 Å². The molecule has 2 aromatic heterocycles. The van der Waals surface area contributed by atoms with Gasteiger partial charge in [-0.2, -0.15) is 0 Å². The van der Waals surface area contributed by atoms with E-state index in [9.17, 15) is 4.79 Å². The predicted molar refractivity (Wildman–Crippen MR) is 73.2 cm³/mol. The highest BCUT2D eigenvalue weighted by atomic mass is 32.1. The molecule has 0 bridgehead atoms. The van der Waals surface area contributed by atoms with Crippen LogP contribution in [0.1, 0.15) is 27.9 Å². The van der Waals surface area contributed by atoms with Crippen LogP contribution in [0, 0.1) is 6.92 Å². The molecular weight excluding hydrogens is 246 g/mol. The fraction of sp³-hybridized carbons (Fsp3) is 0.308. The lowest BCUT2D eigenvalue weighted by atomic mass is 10.2. The Morgan fingerprint density at radius 1 is 1.44 bits per heavy atom. The molecule has 0 radical (unpaired) electrons. The lowest BCUT2D eigenvalue weighted by molar-refractivity contribution is 0.101. The largest absolute Gasteiger partial charge is 0.354 e. The number of carbonyl (C=O) groups is 1. The van der Waals surface area contributed by atoms with Gasteiger partial charge in [0.2, 0.25) is 0 Å². The van der Waals surface area contributed by atoms with Crippen LogP contribution in [0.4, 0.5) is 5.82 Å². The van der Waals surface area contributed by atoms with Crippen molar-refractivity contribution in [3.05, 3.63) is 40.0 Å². The highest BCUT2D eigenvalue weighted by Gasteiger charge is 2.13. The van der Waals surface area contributed by atoms with Crippen LogP contribution in [0.5, 0.6) is 0 Å². The van der Waals surface area contributed by atoms with E-state index < -0.39 is 0 Å². The second-order valence-electron chi connectivity index (χ2n) is 4.15. The minimum Gasteiger partial charge on any atom is -0.354 e. The summed E-state index contributed by atoms with van der Waals surface area (Å²) < 4.78 is 0. The van der Waals surface area contributed by atoms with Crippen molar-refractivity contribution in [3.63, 3.8) is 0 Å². The quantitative estimate of drug-likeness (QED) is 0.794. The van der Waals surface area contributed by atoms with E-state index in [0.717, 1.165) is 11.5 Å². The smallest absolute Gasteiger partial charge is 0.163 e. The summed E-state index contributed by atoms with van der Waals surface area (Å²) in [6.45, 7) is 4.27. The molecule has 0 unspecified atom stereocenters. The minimum atomic E-state index is 0.0333. The summed E-state index contributed by atoms with van der Waals surface area (Å²) in [5, 5.41) is 0. The van der Waals surface area contributed by atoms with Crippen molar-refractivity contribution in [1.82, 2.24) is 9.97 Å². The Kier molecular flexibility index (Phi) is 3.72. The van der Waals surface area contributed by atoms with Gasteiger partial charge in [-0.1, -0.05) is 0 Å². The second kappa shape index (κ2) is 5.27. The number of aryl methyl sites for hydroxylation is 1. The fourth-order valence-electron chi connectivity index (χ4n) is 1.74. The van der Waals surface area contributed by atoms with E-state index in [1.807, 2.05) is 24.4 Å². The van der Waals surface area contributed by atoms with Gasteiger partial charge >= 0.3 is 0 Å². The van der Waals surface area contributed by atoms with Gasteiger partial charge in [0.25, 0.3) is 0 Å². The molecule has 0 amide bonds. The lowest BCUT2D eigenvalue weighted by Gasteiger charge is -2.19. The summed E-state index contributed by atoms with van der Waals surface area (Å²) in [5.74, 6) is 0.753. The van der Waals surface area contributed by atoms with Crippen LogP contribution < -0.4 is 4.90 Å². The number of thiazole rings is 1. The molecule has 2 rings (SSSR count). The van der Waals surface area contributed by atoms with Crippen LogP contribution in [0.25, 0.3) is 0 Å². The van der Waals surface area contributed by atoms with Crippen molar-refractivity contribution in [2.75, 3.05) is 11.9 Å². The van der Waals surface area contributed by atoms with Crippen molar-refractivity contribution in [1.29, 1.82) is 0 Å². The van der Waals surface area contributed by atoms with E-state index in [2.05, 4.69) is 9.97 Å². The van der Waals surface area contributed by atoms with E-state index in [1.54, 1.807) is 36.6 Å². The molecule has 2 aromatic rings. The highest BCUT2D eigenvalue weighted by Crippen LogP contribution is 2.21. The zero-order valence-corrected chi connectivity index (χ0v) is 11.5. The van der Waals surface area contributed by atoms with Crippen molar-refractivity contribution in [2.24, 2.45) is 0 Å². The number of rotatable bonds is 4. The number of ketones is 1. The minimum absolute atomic E-state index is 0.0333. The van der Waals surface area contributed by atoms with Crippen LogP contribution in [-0.4, -0.2) is 22.8 Å². The van der Waals surface area contributed by atoms with E-state index in [1.165, 1.54) is 4.88 Å². The van der Waals surface area contributed by atoms with Crippen LogP contribution in [-0.2, 0) is 6.54 Å². The average Bonchev–Trinajstić information content (AvgIpc) is 2.75. The van der Waals surface area contributed by atoms with Crippen molar-refractivity contribution >= 4 is 22.9 Å². The number of nitrogens with zero attached hydrogens (tertiary/aromatic N) is 3. The van der Waals surface area contributed by atoms with E-state index in [4.69, 9.17) is 0 Å². The maximum absolute atomic E-state index is 11.6. The van der Waals surface area contributed by atoms with Crippen LogP contribution in [0.15, 0.2) is 23.8 Å². The van der Waals surface area contributed by atoms with Gasteiger partial charge in [0.15, 0.2) is 5.78 Å². The summed E-state index contributed by atoms with van der Waals surface area (Å²) in [6, 6.07) is 3.59. The maximum Gasteiger partial charge on any atom is 0.163 e. The molecule has 0 fully saturated rings. The first-order valence-electron chi connectivity index (χ1n) is 5.65. The normalized spacial score (nSPS) is 10.4. The van der Waals surface area contributed by atoms with E-state index in [-0.39, 0.29) is 5.78 Å². The molecule has 0 spiro atoms. The second-order valence-corrected chi connectivity index (χ2v) is 5.09. The average molecular weight is 261 g/mol. The Labute approximate surface area is 110 Å². The summed E-state index contributed by atoms with van der Waals surface area (Å²) in [5.41, 5.74) is 3.53. The third kappa shape index (κ3) is 2.56. The number of hydrogen-bond donors (Lipinski definition) is 0. The third-order valence-corrected chi connectivity index (χ3v) is 3.67. The monoisotopic (exact) mass is 261 g/mol. The number of carbonyl (C=O) groups excluding carboxylic acids is 1. The molecular formula is C13H15N3OS. The molecule has 0 saturated heterocycles. The van der Waals surface area contributed by atoms with Gasteiger partial charge in [0, 0.05) is 18.1 Å². The molecule has 0 aliphatic carbocycles. The number of pyridine rings is 1. The van der Waals surface area contributed by atoms with Gasteiger partial charge < -0.3 is 4.90 Å². The van der Waals surface area contributed by atoms with Gasteiger partial charge in [0.05, 0.1) is 23.3 Å². The molecule has 94 valence electrons. The van der Waals surface area contributed by atoms with Crippen LogP contribution in [0.3, 0.4) is 0 Å². The zero-order chi connectivity index (χ0) is 13.1. The first-order chi connectivity index (χ1) is 8.59. The maximum atomic E-state index is 11.6. The summed E-state index contributed by atoms with van der Waals surface area (Å²) in [7, 11) is 1.94. The first-order valence-corrected chi connectivity index (χ1v) is 6.53. The fourth-order valence-corrected chi connectivity index (χ4v) is 2.57. The van der Waals surface area contributed by atoms with Crippen molar-refractivity contribution < 1.29 is 4.79 Å². The lowest BCUT2D eigenvalue weighted by Crippen LogP contribution is -2.20. The Balaban J connectivity index is 2.26. The molecule has 18 heavy (non-hydrogen) atoms. The number of aromatic nitrogens is 2. The Morgan fingerprint density at radius 3 is 2.83 bits per heavy atom. The third-order valence-electron chi connectivity index (χ3n) is 2.75. The van der Waals surface area contributed by atoms with Gasteiger partial charge in [-0.25, -0.2) is 9.97 Å². The number of hydrogen-bond acceptors (Lipinski definition) is 5. The number of anilines is 1. The molecule has 2 heterocycles. The predicted octanol–water partition coefficient (Wildman–Crippen LogP) is 2.69. The Morgan fingerprint density at radius 2 is 2.22 bits per heavy atom. The molecule has 0 saturated carbocycles. The summed E-state index contributed by atoms with van der Waals surface area (Å²) in [4.78, 5) is 23.3. The highest BCUT2D eigenvalue weighted by molar-refractivity contribution is 7.09. The van der Waals surface area contributed by atoms with Gasteiger partial charge in [-0.05, 0) is 26.0 Å². The molecule has 0 aliphatic rings. The van der Waals surface area contributed by atoms with Crippen LogP contribution in [0.2, 0.25) is 0 Å². The molecule has 0 aliphatic heterocycles. The molecule has 0 N–H and O–H groups in total. The number of Topliss-reactive ketones (excluding diaryl/α,β-unsaturated/α-hetero) is 1. The molecule has 4 nitrogen and oxygen atoms in total. The molecule has 0 atom stereocenters. The zero-order valence-electron chi connectivity index (χ0n) is 10.7. The van der Waals surface area contributed by atoms with Crippen molar-refractivity contribution in [3.8, 4) is 0 Å². The van der Waals surface area contributed by atoms with Gasteiger partial charge in [0.1, 0.15) is 5.82 Å². The Bertz CT molecular complexity index is 565. The molecule has 0 aromatic carbocycles. The van der Waals surface area contributed by atoms with Crippen LogP contribution >= 0.6 is 11.3 Å².